The second kappa shape index (κ2) is 4.65. The van der Waals surface area contributed by atoms with Crippen molar-refractivity contribution in [1.82, 2.24) is 10.2 Å². The van der Waals surface area contributed by atoms with Crippen LogP contribution in [0.1, 0.15) is 27.7 Å². The van der Waals surface area contributed by atoms with Gasteiger partial charge in [-0.3, -0.25) is 9.59 Å². The molecule has 1 atom stereocenters. The molecule has 0 bridgehead atoms. The summed E-state index contributed by atoms with van der Waals surface area (Å²) < 4.78 is 0. The topological polar surface area (TPSA) is 49.4 Å². The van der Waals surface area contributed by atoms with Crippen molar-refractivity contribution in [2.75, 3.05) is 13.1 Å². The van der Waals surface area contributed by atoms with Crippen LogP contribution in [0.4, 0.5) is 0 Å². The molecule has 0 radical (unpaired) electrons. The molecule has 2 amide bonds. The first-order valence-corrected chi connectivity index (χ1v) is 6.08. The largest absolute Gasteiger partial charge is 0.352 e. The van der Waals surface area contributed by atoms with E-state index in [1.807, 2.05) is 13.8 Å². The first-order chi connectivity index (χ1) is 7.28. The van der Waals surface area contributed by atoms with Crippen molar-refractivity contribution in [3.8, 4) is 0 Å². The zero-order valence-corrected chi connectivity index (χ0v) is 11.2. The highest BCUT2D eigenvalue weighted by atomic mass is 32.1. The Kier molecular flexibility index (Phi) is 3.88. The number of thiol groups is 1. The van der Waals surface area contributed by atoms with Crippen LogP contribution >= 0.6 is 12.6 Å². The molecule has 1 unspecified atom stereocenters. The quantitative estimate of drug-likeness (QED) is 0.702. The van der Waals surface area contributed by atoms with E-state index in [9.17, 15) is 9.59 Å². The molecular formula is C11H20N2O2S. The second-order valence-electron chi connectivity index (χ2n) is 4.99. The van der Waals surface area contributed by atoms with Gasteiger partial charge in [-0.05, 0) is 19.8 Å². The minimum absolute atomic E-state index is 0.0572. The Hall–Kier alpha value is -0.710. The Balaban J connectivity index is 2.86. The Labute approximate surface area is 102 Å². The molecule has 0 aromatic rings. The number of nitrogens with one attached hydrogen (secondary N) is 1. The standard InChI is InChI=1S/C11H20N2O2S/c1-7(2)8(16)9(14)13-6-5-12-10(15)11(13,3)4/h7-8,16H,5-6H2,1-4H3,(H,12,15). The van der Waals surface area contributed by atoms with Gasteiger partial charge in [0.25, 0.3) is 0 Å². The molecule has 0 aliphatic carbocycles. The molecule has 1 saturated heterocycles. The van der Waals surface area contributed by atoms with E-state index >= 15 is 0 Å². The molecule has 16 heavy (non-hydrogen) atoms. The number of piperazine rings is 1. The van der Waals surface area contributed by atoms with E-state index in [4.69, 9.17) is 0 Å². The van der Waals surface area contributed by atoms with Crippen LogP contribution in [0, 0.1) is 5.92 Å². The van der Waals surface area contributed by atoms with Crippen LogP contribution < -0.4 is 5.32 Å². The molecule has 1 aliphatic heterocycles. The molecule has 5 heteroatoms. The molecule has 1 rings (SSSR count). The van der Waals surface area contributed by atoms with Crippen molar-refractivity contribution in [3.63, 3.8) is 0 Å². The third-order valence-corrected chi connectivity index (χ3v) is 3.82. The smallest absolute Gasteiger partial charge is 0.245 e. The summed E-state index contributed by atoms with van der Waals surface area (Å²) in [5.41, 5.74) is -0.773. The summed E-state index contributed by atoms with van der Waals surface area (Å²) in [5, 5.41) is 2.43. The lowest BCUT2D eigenvalue weighted by Gasteiger charge is -2.42. The number of hydrogen-bond donors (Lipinski definition) is 2. The van der Waals surface area contributed by atoms with Crippen LogP contribution in [0.25, 0.3) is 0 Å². The van der Waals surface area contributed by atoms with Crippen LogP contribution in [0.3, 0.4) is 0 Å². The number of carbonyl (C=O) groups excluding carboxylic acids is 2. The maximum absolute atomic E-state index is 12.2. The average Bonchev–Trinajstić information content (AvgIpc) is 2.19. The van der Waals surface area contributed by atoms with Gasteiger partial charge in [-0.1, -0.05) is 13.8 Å². The lowest BCUT2D eigenvalue weighted by atomic mass is 9.97. The first-order valence-electron chi connectivity index (χ1n) is 5.56. The summed E-state index contributed by atoms with van der Waals surface area (Å²) in [4.78, 5) is 25.5. The highest BCUT2D eigenvalue weighted by Crippen LogP contribution is 2.22. The van der Waals surface area contributed by atoms with Crippen molar-refractivity contribution in [3.05, 3.63) is 0 Å². The maximum atomic E-state index is 12.2. The molecule has 0 saturated carbocycles. The summed E-state index contributed by atoms with van der Waals surface area (Å²) in [5.74, 6) is 0.00574. The highest BCUT2D eigenvalue weighted by Gasteiger charge is 2.42. The van der Waals surface area contributed by atoms with Gasteiger partial charge in [0.1, 0.15) is 5.54 Å². The fraction of sp³-hybridized carbons (Fsp3) is 0.818. The molecule has 1 N–H and O–H groups in total. The SMILES string of the molecule is CC(C)C(S)C(=O)N1CCNC(=O)C1(C)C. The van der Waals surface area contributed by atoms with Gasteiger partial charge < -0.3 is 10.2 Å². The lowest BCUT2D eigenvalue weighted by Crippen LogP contribution is -2.64. The van der Waals surface area contributed by atoms with E-state index < -0.39 is 5.54 Å². The van der Waals surface area contributed by atoms with Crippen molar-refractivity contribution in [1.29, 1.82) is 0 Å². The van der Waals surface area contributed by atoms with Crippen LogP contribution in [0.2, 0.25) is 0 Å². The van der Waals surface area contributed by atoms with Crippen molar-refractivity contribution in [2.24, 2.45) is 5.92 Å². The molecule has 0 aromatic carbocycles. The molecule has 4 nitrogen and oxygen atoms in total. The Morgan fingerprint density at radius 2 is 2.06 bits per heavy atom. The first kappa shape index (κ1) is 13.4. The Bertz CT molecular complexity index is 302. The van der Waals surface area contributed by atoms with Crippen molar-refractivity contribution < 1.29 is 9.59 Å². The van der Waals surface area contributed by atoms with Crippen LogP contribution in [-0.2, 0) is 9.59 Å². The highest BCUT2D eigenvalue weighted by molar-refractivity contribution is 7.81. The number of rotatable bonds is 2. The fourth-order valence-corrected chi connectivity index (χ4v) is 1.87. The van der Waals surface area contributed by atoms with Gasteiger partial charge in [0.05, 0.1) is 5.25 Å². The molecule has 1 heterocycles. The third kappa shape index (κ3) is 2.34. The maximum Gasteiger partial charge on any atom is 0.245 e. The van der Waals surface area contributed by atoms with E-state index in [1.165, 1.54) is 0 Å². The predicted molar refractivity (Wildman–Crippen MR) is 66.4 cm³/mol. The van der Waals surface area contributed by atoms with Gasteiger partial charge in [0.15, 0.2) is 0 Å². The molecule has 0 aromatic heterocycles. The molecule has 92 valence electrons. The minimum Gasteiger partial charge on any atom is -0.352 e. The normalized spacial score (nSPS) is 21.9. The van der Waals surface area contributed by atoms with E-state index in [2.05, 4.69) is 17.9 Å². The monoisotopic (exact) mass is 244 g/mol. The van der Waals surface area contributed by atoms with E-state index in [0.29, 0.717) is 13.1 Å². The van der Waals surface area contributed by atoms with Gasteiger partial charge in [-0.15, -0.1) is 0 Å². The van der Waals surface area contributed by atoms with Crippen LogP contribution in [-0.4, -0.2) is 40.6 Å². The molecule has 0 spiro atoms. The van der Waals surface area contributed by atoms with Crippen LogP contribution in [0.5, 0.6) is 0 Å². The summed E-state index contributed by atoms with van der Waals surface area (Å²) >= 11 is 4.31. The predicted octanol–water partition coefficient (Wildman–Crippen LogP) is 0.678. The number of amides is 2. The summed E-state index contributed by atoms with van der Waals surface area (Å²) in [6, 6.07) is 0. The fourth-order valence-electron chi connectivity index (χ4n) is 1.73. The molecule has 1 fully saturated rings. The van der Waals surface area contributed by atoms with E-state index in [1.54, 1.807) is 18.7 Å². The summed E-state index contributed by atoms with van der Waals surface area (Å²) in [6.07, 6.45) is 0. The zero-order valence-electron chi connectivity index (χ0n) is 10.3. The van der Waals surface area contributed by atoms with E-state index in [-0.39, 0.29) is 23.0 Å². The van der Waals surface area contributed by atoms with Gasteiger partial charge in [0, 0.05) is 13.1 Å². The summed E-state index contributed by atoms with van der Waals surface area (Å²) in [6.45, 7) is 8.51. The van der Waals surface area contributed by atoms with Gasteiger partial charge in [-0.25, -0.2) is 0 Å². The lowest BCUT2D eigenvalue weighted by molar-refractivity contribution is -0.149. The van der Waals surface area contributed by atoms with Gasteiger partial charge >= 0.3 is 0 Å². The average molecular weight is 244 g/mol. The van der Waals surface area contributed by atoms with Crippen molar-refractivity contribution in [2.45, 2.75) is 38.5 Å². The molecule has 1 aliphatic rings. The summed E-state index contributed by atoms with van der Waals surface area (Å²) in [7, 11) is 0. The number of carbonyl (C=O) groups is 2. The van der Waals surface area contributed by atoms with Crippen molar-refractivity contribution >= 4 is 24.4 Å². The minimum atomic E-state index is -0.773. The zero-order chi connectivity index (χ0) is 12.5. The number of nitrogens with zero attached hydrogens (tertiary/aromatic N) is 1. The number of hydrogen-bond acceptors (Lipinski definition) is 3. The Morgan fingerprint density at radius 3 is 2.56 bits per heavy atom. The van der Waals surface area contributed by atoms with E-state index in [0.717, 1.165) is 0 Å². The second-order valence-corrected chi connectivity index (χ2v) is 5.55. The van der Waals surface area contributed by atoms with Gasteiger partial charge in [0.2, 0.25) is 11.8 Å². The van der Waals surface area contributed by atoms with Gasteiger partial charge in [-0.2, -0.15) is 12.6 Å². The van der Waals surface area contributed by atoms with Crippen LogP contribution in [0.15, 0.2) is 0 Å². The third-order valence-electron chi connectivity index (χ3n) is 3.00. The Morgan fingerprint density at radius 1 is 1.50 bits per heavy atom. The molecular weight excluding hydrogens is 224 g/mol.